The Kier molecular flexibility index (Phi) is 5.43. The number of piperidine rings is 1. The smallest absolute Gasteiger partial charge is 0.254 e. The highest BCUT2D eigenvalue weighted by molar-refractivity contribution is 7.97. The maximum Gasteiger partial charge on any atom is 0.254 e. The first kappa shape index (κ1) is 15.3. The van der Waals surface area contributed by atoms with Gasteiger partial charge in [-0.25, -0.2) is 4.39 Å². The summed E-state index contributed by atoms with van der Waals surface area (Å²) < 4.78 is 13.6. The number of nitrogens with zero attached hydrogens (tertiary/aromatic N) is 1. The van der Waals surface area contributed by atoms with E-state index in [1.54, 1.807) is 23.9 Å². The zero-order valence-corrected chi connectivity index (χ0v) is 12.6. The molecule has 0 saturated carbocycles. The minimum Gasteiger partial charge on any atom is -0.334 e. The number of thioether (sulfide) groups is 1. The third-order valence-corrected chi connectivity index (χ3v) is 4.35. The van der Waals surface area contributed by atoms with Crippen molar-refractivity contribution >= 4 is 17.7 Å². The monoisotopic (exact) mass is 296 g/mol. The van der Waals surface area contributed by atoms with Crippen molar-refractivity contribution in [2.75, 3.05) is 19.3 Å². The van der Waals surface area contributed by atoms with Crippen LogP contribution in [0.15, 0.2) is 18.2 Å². The number of nitrogens with two attached hydrogens (primary N) is 1. The zero-order chi connectivity index (χ0) is 14.5. The number of likely N-dealkylation sites (tertiary alicyclic amines) is 1. The molecule has 0 aliphatic carbocycles. The van der Waals surface area contributed by atoms with Crippen LogP contribution in [0.3, 0.4) is 0 Å². The van der Waals surface area contributed by atoms with E-state index in [9.17, 15) is 9.18 Å². The highest BCUT2D eigenvalue weighted by atomic mass is 32.2. The summed E-state index contributed by atoms with van der Waals surface area (Å²) in [6.07, 6.45) is 5.01. The van der Waals surface area contributed by atoms with Crippen molar-refractivity contribution < 1.29 is 9.18 Å². The van der Waals surface area contributed by atoms with Gasteiger partial charge in [-0.3, -0.25) is 4.79 Å². The van der Waals surface area contributed by atoms with Gasteiger partial charge in [0, 0.05) is 30.4 Å². The average Bonchev–Trinajstić information content (AvgIpc) is 2.49. The van der Waals surface area contributed by atoms with Crippen molar-refractivity contribution in [1.82, 2.24) is 4.90 Å². The second-order valence-electron chi connectivity index (χ2n) is 5.12. The molecule has 1 atom stereocenters. The van der Waals surface area contributed by atoms with Crippen molar-refractivity contribution in [2.45, 2.75) is 31.1 Å². The van der Waals surface area contributed by atoms with Crippen molar-refractivity contribution in [3.8, 4) is 0 Å². The Labute approximate surface area is 123 Å². The molecule has 0 bridgehead atoms. The van der Waals surface area contributed by atoms with Crippen molar-refractivity contribution in [2.24, 2.45) is 5.73 Å². The number of halogens is 1. The highest BCUT2D eigenvalue weighted by Gasteiger charge is 2.26. The lowest BCUT2D eigenvalue weighted by atomic mass is 10.0. The highest BCUT2D eigenvalue weighted by Crippen LogP contribution is 2.21. The predicted molar refractivity (Wildman–Crippen MR) is 81.3 cm³/mol. The Morgan fingerprint density at radius 3 is 3.00 bits per heavy atom. The fourth-order valence-electron chi connectivity index (χ4n) is 2.65. The third kappa shape index (κ3) is 3.33. The molecular formula is C15H21FN2OS. The maximum absolute atomic E-state index is 13.6. The molecule has 1 aromatic rings. The van der Waals surface area contributed by atoms with Crippen LogP contribution in [0.1, 0.15) is 35.2 Å². The fourth-order valence-corrected chi connectivity index (χ4v) is 3.18. The van der Waals surface area contributed by atoms with E-state index < -0.39 is 0 Å². The van der Waals surface area contributed by atoms with Gasteiger partial charge < -0.3 is 10.6 Å². The molecule has 0 aromatic heterocycles. The summed E-state index contributed by atoms with van der Waals surface area (Å²) in [5.74, 6) is 0.306. The summed E-state index contributed by atoms with van der Waals surface area (Å²) in [4.78, 5) is 14.4. The molecule has 1 amide bonds. The van der Waals surface area contributed by atoms with Crippen LogP contribution in [-0.4, -0.2) is 36.2 Å². The van der Waals surface area contributed by atoms with Crippen LogP contribution in [0.4, 0.5) is 4.39 Å². The van der Waals surface area contributed by atoms with Crippen molar-refractivity contribution in [1.29, 1.82) is 0 Å². The standard InChI is InChI=1S/C15H21FN2OS/c1-20-10-12-8-11(5-6-14(12)16)15(19)18-7-3-2-4-13(18)9-17/h5-6,8,13H,2-4,7,9-10,17H2,1H3. The van der Waals surface area contributed by atoms with Gasteiger partial charge in [0.1, 0.15) is 5.82 Å². The Morgan fingerprint density at radius 2 is 2.30 bits per heavy atom. The van der Waals surface area contributed by atoms with E-state index >= 15 is 0 Å². The minimum atomic E-state index is -0.245. The molecule has 1 fully saturated rings. The van der Waals surface area contributed by atoms with Crippen LogP contribution < -0.4 is 5.73 Å². The summed E-state index contributed by atoms with van der Waals surface area (Å²) in [6.45, 7) is 1.24. The van der Waals surface area contributed by atoms with E-state index in [-0.39, 0.29) is 17.8 Å². The normalized spacial score (nSPS) is 19.1. The van der Waals surface area contributed by atoms with E-state index in [2.05, 4.69) is 0 Å². The summed E-state index contributed by atoms with van der Waals surface area (Å²) in [5, 5.41) is 0. The van der Waals surface area contributed by atoms with E-state index in [0.717, 1.165) is 25.8 Å². The molecule has 1 heterocycles. The molecule has 5 heteroatoms. The van der Waals surface area contributed by atoms with Gasteiger partial charge in [0.25, 0.3) is 5.91 Å². The Morgan fingerprint density at radius 1 is 1.50 bits per heavy atom. The number of hydrogen-bond acceptors (Lipinski definition) is 3. The number of benzene rings is 1. The lowest BCUT2D eigenvalue weighted by molar-refractivity contribution is 0.0623. The van der Waals surface area contributed by atoms with Crippen molar-refractivity contribution in [3.63, 3.8) is 0 Å². The van der Waals surface area contributed by atoms with Gasteiger partial charge in [0.05, 0.1) is 0 Å². The number of carbonyl (C=O) groups excluding carboxylic acids is 1. The topological polar surface area (TPSA) is 46.3 Å². The van der Waals surface area contributed by atoms with Gasteiger partial charge in [-0.1, -0.05) is 0 Å². The lowest BCUT2D eigenvalue weighted by Gasteiger charge is -2.35. The molecule has 1 saturated heterocycles. The van der Waals surface area contributed by atoms with E-state index in [1.807, 2.05) is 11.2 Å². The van der Waals surface area contributed by atoms with Gasteiger partial charge in [-0.15, -0.1) is 0 Å². The van der Waals surface area contributed by atoms with Gasteiger partial charge in [-0.2, -0.15) is 11.8 Å². The van der Waals surface area contributed by atoms with Gasteiger partial charge in [-0.05, 0) is 49.3 Å². The number of hydrogen-bond donors (Lipinski definition) is 1. The van der Waals surface area contributed by atoms with Gasteiger partial charge >= 0.3 is 0 Å². The molecule has 1 unspecified atom stereocenters. The summed E-state index contributed by atoms with van der Waals surface area (Å²) in [6, 6.07) is 4.76. The number of rotatable bonds is 4. The molecule has 110 valence electrons. The first-order chi connectivity index (χ1) is 9.67. The molecule has 1 aliphatic heterocycles. The summed E-state index contributed by atoms with van der Waals surface area (Å²) in [5.41, 5.74) is 6.91. The van der Waals surface area contributed by atoms with E-state index in [0.29, 0.717) is 23.4 Å². The first-order valence-electron chi connectivity index (χ1n) is 6.95. The SMILES string of the molecule is CSCc1cc(C(=O)N2CCCCC2CN)ccc1F. The van der Waals surface area contributed by atoms with Crippen LogP contribution in [0, 0.1) is 5.82 Å². The Bertz CT molecular complexity index is 481. The van der Waals surface area contributed by atoms with Crippen LogP contribution in [0.2, 0.25) is 0 Å². The molecule has 0 spiro atoms. The predicted octanol–water partition coefficient (Wildman–Crippen LogP) is 2.64. The molecule has 20 heavy (non-hydrogen) atoms. The molecule has 2 rings (SSSR count). The summed E-state index contributed by atoms with van der Waals surface area (Å²) in [7, 11) is 0. The number of amides is 1. The second-order valence-corrected chi connectivity index (χ2v) is 5.99. The maximum atomic E-state index is 13.6. The Balaban J connectivity index is 2.21. The van der Waals surface area contributed by atoms with Gasteiger partial charge in [0.15, 0.2) is 0 Å². The quantitative estimate of drug-likeness (QED) is 0.929. The lowest BCUT2D eigenvalue weighted by Crippen LogP contribution is -2.47. The average molecular weight is 296 g/mol. The molecule has 1 aromatic carbocycles. The molecule has 0 radical (unpaired) electrons. The van der Waals surface area contributed by atoms with E-state index in [1.165, 1.54) is 6.07 Å². The summed E-state index contributed by atoms with van der Waals surface area (Å²) >= 11 is 1.55. The van der Waals surface area contributed by atoms with Crippen LogP contribution in [-0.2, 0) is 5.75 Å². The van der Waals surface area contributed by atoms with Crippen LogP contribution in [0.25, 0.3) is 0 Å². The first-order valence-corrected chi connectivity index (χ1v) is 8.35. The molecule has 3 nitrogen and oxygen atoms in total. The molecule has 1 aliphatic rings. The van der Waals surface area contributed by atoms with E-state index in [4.69, 9.17) is 5.73 Å². The van der Waals surface area contributed by atoms with Crippen molar-refractivity contribution in [3.05, 3.63) is 35.1 Å². The third-order valence-electron chi connectivity index (χ3n) is 3.75. The Hall–Kier alpha value is -1.07. The van der Waals surface area contributed by atoms with Gasteiger partial charge in [0.2, 0.25) is 0 Å². The van der Waals surface area contributed by atoms with Crippen LogP contribution >= 0.6 is 11.8 Å². The molecular weight excluding hydrogens is 275 g/mol. The zero-order valence-electron chi connectivity index (χ0n) is 11.8. The number of carbonyl (C=O) groups is 1. The second kappa shape index (κ2) is 7.09. The minimum absolute atomic E-state index is 0.0255. The largest absolute Gasteiger partial charge is 0.334 e. The fraction of sp³-hybridized carbons (Fsp3) is 0.533. The van der Waals surface area contributed by atoms with Crippen LogP contribution in [0.5, 0.6) is 0 Å². The molecule has 2 N–H and O–H groups in total.